The van der Waals surface area contributed by atoms with Gasteiger partial charge in [-0.1, -0.05) is 41.4 Å². The zero-order valence-electron chi connectivity index (χ0n) is 14.2. The molecule has 0 bridgehead atoms. The summed E-state index contributed by atoms with van der Waals surface area (Å²) in [5.74, 6) is -0.0964. The Hall–Kier alpha value is -2.63. The molecule has 26 heavy (non-hydrogen) atoms. The molecule has 132 valence electrons. The van der Waals surface area contributed by atoms with E-state index in [9.17, 15) is 4.79 Å². The number of hydrogen-bond donors (Lipinski definition) is 2. The molecule has 3 aromatic rings. The number of benzene rings is 2. The van der Waals surface area contributed by atoms with Crippen LogP contribution in [0.1, 0.15) is 21.6 Å². The molecule has 0 radical (unpaired) electrons. The van der Waals surface area contributed by atoms with Crippen molar-refractivity contribution in [1.29, 1.82) is 0 Å². The van der Waals surface area contributed by atoms with Crippen LogP contribution in [0.15, 0.2) is 48.7 Å². The smallest absolute Gasteiger partial charge is 0.274 e. The van der Waals surface area contributed by atoms with E-state index in [2.05, 4.69) is 20.6 Å². The Kier molecular flexibility index (Phi) is 5.40. The maximum atomic E-state index is 12.4. The standard InChI is InChI=1S/C19H16Cl2N4O/c1-11-9-12(2)17(14(21)10-11)25-19-22-8-7-16(24-19)18(26)23-15-6-4-3-5-13(15)20/h3-10H,1-2H3,(H,23,26)(H,22,24,25). The fraction of sp³-hybridized carbons (Fsp3) is 0.105. The van der Waals surface area contributed by atoms with Crippen LogP contribution in [0.5, 0.6) is 0 Å². The minimum atomic E-state index is -0.379. The van der Waals surface area contributed by atoms with E-state index in [4.69, 9.17) is 23.2 Å². The van der Waals surface area contributed by atoms with Gasteiger partial charge >= 0.3 is 0 Å². The average molecular weight is 387 g/mol. The van der Waals surface area contributed by atoms with Crippen LogP contribution in [0.25, 0.3) is 0 Å². The number of carbonyl (C=O) groups excluding carboxylic acids is 1. The van der Waals surface area contributed by atoms with Gasteiger partial charge in [0.1, 0.15) is 5.69 Å². The van der Waals surface area contributed by atoms with Gasteiger partial charge in [-0.25, -0.2) is 9.97 Å². The number of aromatic nitrogens is 2. The molecule has 2 aromatic carbocycles. The second-order valence-corrected chi connectivity index (χ2v) is 6.58. The topological polar surface area (TPSA) is 66.9 Å². The predicted octanol–water partition coefficient (Wildman–Crippen LogP) is 5.40. The summed E-state index contributed by atoms with van der Waals surface area (Å²) in [4.78, 5) is 20.9. The van der Waals surface area contributed by atoms with Gasteiger partial charge in [0, 0.05) is 6.20 Å². The van der Waals surface area contributed by atoms with E-state index in [-0.39, 0.29) is 17.5 Å². The largest absolute Gasteiger partial charge is 0.323 e. The van der Waals surface area contributed by atoms with Crippen LogP contribution in [-0.2, 0) is 0 Å². The second-order valence-electron chi connectivity index (χ2n) is 5.76. The van der Waals surface area contributed by atoms with Crippen LogP contribution in [0.3, 0.4) is 0 Å². The number of hydrogen-bond acceptors (Lipinski definition) is 4. The summed E-state index contributed by atoms with van der Waals surface area (Å²) in [5, 5.41) is 6.83. The van der Waals surface area contributed by atoms with Crippen LogP contribution in [0.4, 0.5) is 17.3 Å². The van der Waals surface area contributed by atoms with E-state index in [1.807, 2.05) is 26.0 Å². The number of carbonyl (C=O) groups is 1. The highest BCUT2D eigenvalue weighted by atomic mass is 35.5. The van der Waals surface area contributed by atoms with Gasteiger partial charge < -0.3 is 10.6 Å². The number of rotatable bonds is 4. The molecule has 0 atom stereocenters. The molecule has 0 saturated heterocycles. The van der Waals surface area contributed by atoms with Crippen molar-refractivity contribution in [3.8, 4) is 0 Å². The van der Waals surface area contributed by atoms with Gasteiger partial charge in [-0.15, -0.1) is 0 Å². The van der Waals surface area contributed by atoms with Crippen molar-refractivity contribution < 1.29 is 4.79 Å². The number of para-hydroxylation sites is 1. The average Bonchev–Trinajstić information content (AvgIpc) is 2.60. The van der Waals surface area contributed by atoms with Gasteiger partial charge in [0.15, 0.2) is 0 Å². The summed E-state index contributed by atoms with van der Waals surface area (Å²) in [6.07, 6.45) is 1.51. The minimum absolute atomic E-state index is 0.211. The first-order valence-electron chi connectivity index (χ1n) is 7.87. The highest BCUT2D eigenvalue weighted by Gasteiger charge is 2.12. The molecule has 0 spiro atoms. The Morgan fingerprint density at radius 2 is 1.81 bits per heavy atom. The number of anilines is 3. The summed E-state index contributed by atoms with van der Waals surface area (Å²) in [5.41, 5.74) is 3.46. The first kappa shape index (κ1) is 18.2. The lowest BCUT2D eigenvalue weighted by Crippen LogP contribution is -2.15. The van der Waals surface area contributed by atoms with Crippen molar-refractivity contribution in [2.75, 3.05) is 10.6 Å². The Bertz CT molecular complexity index is 952. The number of aryl methyl sites for hydroxylation is 2. The van der Waals surface area contributed by atoms with E-state index < -0.39 is 0 Å². The molecule has 0 aliphatic rings. The molecule has 0 fully saturated rings. The third-order valence-corrected chi connectivity index (χ3v) is 4.31. The molecule has 2 N–H and O–H groups in total. The molecule has 7 heteroatoms. The third kappa shape index (κ3) is 4.12. The zero-order valence-corrected chi connectivity index (χ0v) is 15.7. The molecule has 1 heterocycles. The van der Waals surface area contributed by atoms with Crippen LogP contribution < -0.4 is 10.6 Å². The molecule has 0 aliphatic carbocycles. The second kappa shape index (κ2) is 7.72. The van der Waals surface area contributed by atoms with E-state index >= 15 is 0 Å². The lowest BCUT2D eigenvalue weighted by atomic mass is 10.1. The maximum absolute atomic E-state index is 12.4. The highest BCUT2D eigenvalue weighted by molar-refractivity contribution is 6.34. The molecule has 0 aliphatic heterocycles. The van der Waals surface area contributed by atoms with Crippen LogP contribution in [0, 0.1) is 13.8 Å². The normalized spacial score (nSPS) is 10.5. The van der Waals surface area contributed by atoms with Crippen LogP contribution >= 0.6 is 23.2 Å². The van der Waals surface area contributed by atoms with E-state index in [0.29, 0.717) is 21.4 Å². The van der Waals surface area contributed by atoms with Crippen molar-refractivity contribution in [3.63, 3.8) is 0 Å². The lowest BCUT2D eigenvalue weighted by molar-refractivity contribution is 0.102. The van der Waals surface area contributed by atoms with Gasteiger partial charge in [0.25, 0.3) is 5.91 Å². The summed E-state index contributed by atoms with van der Waals surface area (Å²) >= 11 is 12.4. The number of amides is 1. The molecule has 0 unspecified atom stereocenters. The van der Waals surface area contributed by atoms with E-state index in [1.165, 1.54) is 12.3 Å². The van der Waals surface area contributed by atoms with Crippen LogP contribution in [-0.4, -0.2) is 15.9 Å². The van der Waals surface area contributed by atoms with Crippen molar-refractivity contribution in [1.82, 2.24) is 9.97 Å². The number of nitrogens with one attached hydrogen (secondary N) is 2. The minimum Gasteiger partial charge on any atom is -0.323 e. The van der Waals surface area contributed by atoms with Gasteiger partial charge in [0.2, 0.25) is 5.95 Å². The third-order valence-electron chi connectivity index (χ3n) is 3.68. The molecule has 1 aromatic heterocycles. The first-order chi connectivity index (χ1) is 12.4. The predicted molar refractivity (Wildman–Crippen MR) is 106 cm³/mol. The summed E-state index contributed by atoms with van der Waals surface area (Å²) in [7, 11) is 0. The number of nitrogens with zero attached hydrogens (tertiary/aromatic N) is 2. The SMILES string of the molecule is Cc1cc(C)c(Nc2nccc(C(=O)Nc3ccccc3Cl)n2)c(Cl)c1. The Morgan fingerprint density at radius 3 is 2.54 bits per heavy atom. The summed E-state index contributed by atoms with van der Waals surface area (Å²) in [6.45, 7) is 3.91. The highest BCUT2D eigenvalue weighted by Crippen LogP contribution is 2.29. The molecular weight excluding hydrogens is 371 g/mol. The van der Waals surface area contributed by atoms with Crippen molar-refractivity contribution in [2.45, 2.75) is 13.8 Å². The summed E-state index contributed by atoms with van der Waals surface area (Å²) < 4.78 is 0. The maximum Gasteiger partial charge on any atom is 0.274 e. The summed E-state index contributed by atoms with van der Waals surface area (Å²) in [6, 6.07) is 12.4. The lowest BCUT2D eigenvalue weighted by Gasteiger charge is -2.12. The molecule has 1 amide bonds. The Labute approximate surface area is 161 Å². The molecule has 5 nitrogen and oxygen atoms in total. The molecule has 3 rings (SSSR count). The van der Waals surface area contributed by atoms with E-state index in [0.717, 1.165) is 11.1 Å². The van der Waals surface area contributed by atoms with Gasteiger partial charge in [-0.2, -0.15) is 0 Å². The fourth-order valence-electron chi connectivity index (χ4n) is 2.48. The van der Waals surface area contributed by atoms with Crippen molar-refractivity contribution in [3.05, 3.63) is 75.5 Å². The fourth-order valence-corrected chi connectivity index (χ4v) is 3.03. The Morgan fingerprint density at radius 1 is 1.04 bits per heavy atom. The van der Waals surface area contributed by atoms with Crippen molar-refractivity contribution >= 4 is 46.4 Å². The Balaban J connectivity index is 1.83. The monoisotopic (exact) mass is 386 g/mol. The van der Waals surface area contributed by atoms with Gasteiger partial charge in [-0.05, 0) is 49.2 Å². The first-order valence-corrected chi connectivity index (χ1v) is 8.62. The van der Waals surface area contributed by atoms with Crippen molar-refractivity contribution in [2.24, 2.45) is 0 Å². The number of halogens is 2. The zero-order chi connectivity index (χ0) is 18.7. The van der Waals surface area contributed by atoms with Crippen LogP contribution in [0.2, 0.25) is 10.0 Å². The molecule has 0 saturated carbocycles. The quantitative estimate of drug-likeness (QED) is 0.629. The van der Waals surface area contributed by atoms with E-state index in [1.54, 1.807) is 24.3 Å². The van der Waals surface area contributed by atoms with Gasteiger partial charge in [0.05, 0.1) is 21.4 Å². The molecular formula is C19H16Cl2N4O. The van der Waals surface area contributed by atoms with Gasteiger partial charge in [-0.3, -0.25) is 4.79 Å².